The van der Waals surface area contributed by atoms with Crippen molar-refractivity contribution in [3.8, 4) is 0 Å². The first-order valence-corrected chi connectivity index (χ1v) is 9.72. The maximum Gasteiger partial charge on any atom is 0.272 e. The van der Waals surface area contributed by atoms with Crippen LogP contribution in [0.4, 0.5) is 15.8 Å². The second kappa shape index (κ2) is 9.77. The van der Waals surface area contributed by atoms with Crippen molar-refractivity contribution in [2.24, 2.45) is 0 Å². The minimum absolute atomic E-state index is 0.179. The highest BCUT2D eigenvalue weighted by atomic mass is 79.9. The molecule has 0 fully saturated rings. The molecule has 0 aromatic heterocycles. The molecule has 0 saturated heterocycles. The van der Waals surface area contributed by atoms with Crippen LogP contribution in [0.25, 0.3) is 6.08 Å². The van der Waals surface area contributed by atoms with Gasteiger partial charge in [0, 0.05) is 22.3 Å². The molecule has 31 heavy (non-hydrogen) atoms. The summed E-state index contributed by atoms with van der Waals surface area (Å²) < 4.78 is 14.8. The van der Waals surface area contributed by atoms with E-state index in [2.05, 4.69) is 26.6 Å². The van der Waals surface area contributed by atoms with Crippen LogP contribution in [0.5, 0.6) is 0 Å². The molecule has 2 N–H and O–H groups in total. The molecule has 2 amide bonds. The molecule has 3 aromatic carbocycles. The molecule has 0 unspecified atom stereocenters. The molecule has 0 bridgehead atoms. The van der Waals surface area contributed by atoms with Crippen molar-refractivity contribution in [2.75, 3.05) is 5.32 Å². The van der Waals surface area contributed by atoms with Gasteiger partial charge in [0.05, 0.1) is 10.5 Å². The lowest BCUT2D eigenvalue weighted by Crippen LogP contribution is -2.31. The first-order valence-electron chi connectivity index (χ1n) is 8.92. The van der Waals surface area contributed by atoms with Crippen LogP contribution in [0.1, 0.15) is 15.9 Å². The topological polar surface area (TPSA) is 101 Å². The van der Waals surface area contributed by atoms with Crippen LogP contribution in [0.3, 0.4) is 0 Å². The van der Waals surface area contributed by atoms with Gasteiger partial charge in [0.25, 0.3) is 17.5 Å². The standard InChI is InChI=1S/C22H15BrFN3O4/c23-15-8-10-16(11-9-15)25-22(29)20(13-14-4-3-5-17(12-14)27(30)31)26-21(28)18-6-1-2-7-19(18)24/h1-13H,(H,25,29)(H,26,28). The molecule has 0 spiro atoms. The molecule has 7 nitrogen and oxygen atoms in total. The van der Waals surface area contributed by atoms with Gasteiger partial charge in [-0.3, -0.25) is 19.7 Å². The molecule has 0 saturated carbocycles. The Morgan fingerprint density at radius 2 is 1.71 bits per heavy atom. The number of hydrogen-bond acceptors (Lipinski definition) is 4. The zero-order chi connectivity index (χ0) is 22.4. The summed E-state index contributed by atoms with van der Waals surface area (Å²) in [5.41, 5.74) is 0.129. The number of amides is 2. The minimum Gasteiger partial charge on any atom is -0.321 e. The van der Waals surface area contributed by atoms with Crippen molar-refractivity contribution < 1.29 is 18.9 Å². The number of nitro groups is 1. The molecule has 9 heteroatoms. The van der Waals surface area contributed by atoms with Crippen molar-refractivity contribution >= 4 is 45.2 Å². The first kappa shape index (κ1) is 21.8. The monoisotopic (exact) mass is 483 g/mol. The van der Waals surface area contributed by atoms with Gasteiger partial charge in [-0.1, -0.05) is 40.2 Å². The zero-order valence-electron chi connectivity index (χ0n) is 15.8. The van der Waals surface area contributed by atoms with E-state index in [0.717, 1.165) is 10.5 Å². The van der Waals surface area contributed by atoms with Crippen LogP contribution in [-0.2, 0) is 4.79 Å². The Labute approximate surface area is 184 Å². The third-order valence-corrected chi connectivity index (χ3v) is 4.63. The predicted molar refractivity (Wildman–Crippen MR) is 118 cm³/mol. The molecule has 3 aromatic rings. The maximum atomic E-state index is 14.0. The first-order chi connectivity index (χ1) is 14.8. The SMILES string of the molecule is O=C(Nc1ccc(Br)cc1)C(=Cc1cccc([N+](=O)[O-])c1)NC(=O)c1ccccc1F. The van der Waals surface area contributed by atoms with Crippen LogP contribution in [0.2, 0.25) is 0 Å². The van der Waals surface area contributed by atoms with Crippen LogP contribution in [-0.4, -0.2) is 16.7 Å². The number of nitrogens with one attached hydrogen (secondary N) is 2. The molecular weight excluding hydrogens is 469 g/mol. The second-order valence-corrected chi connectivity index (χ2v) is 7.22. The van der Waals surface area contributed by atoms with Crippen molar-refractivity contribution in [3.05, 3.63) is 110 Å². The summed E-state index contributed by atoms with van der Waals surface area (Å²) in [7, 11) is 0. The van der Waals surface area contributed by atoms with Gasteiger partial charge in [-0.25, -0.2) is 4.39 Å². The Kier molecular flexibility index (Phi) is 6.88. The molecule has 0 aliphatic carbocycles. The van der Waals surface area contributed by atoms with E-state index >= 15 is 0 Å². The van der Waals surface area contributed by atoms with Gasteiger partial charge < -0.3 is 10.6 Å². The van der Waals surface area contributed by atoms with E-state index in [1.54, 1.807) is 24.3 Å². The van der Waals surface area contributed by atoms with E-state index in [-0.39, 0.29) is 16.9 Å². The average molecular weight is 484 g/mol. The van der Waals surface area contributed by atoms with Gasteiger partial charge >= 0.3 is 0 Å². The van der Waals surface area contributed by atoms with Gasteiger partial charge in [-0.05, 0) is 48.0 Å². The molecule has 0 radical (unpaired) electrons. The fraction of sp³-hybridized carbons (Fsp3) is 0. The predicted octanol–water partition coefficient (Wildman–Crippen LogP) is 4.91. The largest absolute Gasteiger partial charge is 0.321 e. The Bertz CT molecular complexity index is 1180. The van der Waals surface area contributed by atoms with E-state index in [9.17, 15) is 24.1 Å². The van der Waals surface area contributed by atoms with Crippen molar-refractivity contribution in [3.63, 3.8) is 0 Å². The van der Waals surface area contributed by atoms with Crippen molar-refractivity contribution in [2.45, 2.75) is 0 Å². The summed E-state index contributed by atoms with van der Waals surface area (Å²) in [5.74, 6) is -2.26. The summed E-state index contributed by atoms with van der Waals surface area (Å²) in [5, 5.41) is 16.1. The number of carbonyl (C=O) groups is 2. The zero-order valence-corrected chi connectivity index (χ0v) is 17.4. The van der Waals surface area contributed by atoms with E-state index in [1.165, 1.54) is 48.5 Å². The number of nitrogens with zero attached hydrogens (tertiary/aromatic N) is 1. The van der Waals surface area contributed by atoms with Crippen LogP contribution < -0.4 is 10.6 Å². The molecule has 0 heterocycles. The lowest BCUT2D eigenvalue weighted by atomic mass is 10.1. The number of hydrogen-bond donors (Lipinski definition) is 2. The second-order valence-electron chi connectivity index (χ2n) is 6.31. The van der Waals surface area contributed by atoms with Gasteiger partial charge in [0.15, 0.2) is 0 Å². The third-order valence-electron chi connectivity index (χ3n) is 4.11. The molecule has 156 valence electrons. The number of anilines is 1. The van der Waals surface area contributed by atoms with E-state index in [0.29, 0.717) is 11.3 Å². The smallest absolute Gasteiger partial charge is 0.272 e. The number of non-ortho nitro benzene ring substituents is 1. The van der Waals surface area contributed by atoms with Gasteiger partial charge in [-0.2, -0.15) is 0 Å². The molecule has 3 rings (SSSR count). The normalized spacial score (nSPS) is 11.0. The number of carbonyl (C=O) groups excluding carboxylic acids is 2. The van der Waals surface area contributed by atoms with Crippen LogP contribution in [0, 0.1) is 15.9 Å². The number of nitro benzene ring substituents is 1. The van der Waals surface area contributed by atoms with E-state index in [1.807, 2.05) is 0 Å². The Morgan fingerprint density at radius 3 is 2.39 bits per heavy atom. The highest BCUT2D eigenvalue weighted by molar-refractivity contribution is 9.10. The maximum absolute atomic E-state index is 14.0. The Hall–Kier alpha value is -3.85. The highest BCUT2D eigenvalue weighted by Gasteiger charge is 2.18. The number of halogens is 2. The van der Waals surface area contributed by atoms with E-state index in [4.69, 9.17) is 0 Å². The molecule has 0 atom stereocenters. The number of rotatable bonds is 6. The third kappa shape index (κ3) is 5.83. The number of benzene rings is 3. The van der Waals surface area contributed by atoms with Crippen molar-refractivity contribution in [1.82, 2.24) is 5.32 Å². The fourth-order valence-corrected chi connectivity index (χ4v) is 2.88. The minimum atomic E-state index is -0.833. The summed E-state index contributed by atoms with van der Waals surface area (Å²) in [6, 6.07) is 17.6. The van der Waals surface area contributed by atoms with Gasteiger partial charge in [0.2, 0.25) is 0 Å². The van der Waals surface area contributed by atoms with Gasteiger partial charge in [0.1, 0.15) is 11.5 Å². The molecule has 0 aliphatic rings. The lowest BCUT2D eigenvalue weighted by molar-refractivity contribution is -0.384. The molecule has 0 aliphatic heterocycles. The Balaban J connectivity index is 1.94. The van der Waals surface area contributed by atoms with E-state index < -0.39 is 22.6 Å². The summed E-state index contributed by atoms with van der Waals surface area (Å²) >= 11 is 3.30. The average Bonchev–Trinajstić information content (AvgIpc) is 2.75. The van der Waals surface area contributed by atoms with Crippen LogP contribution >= 0.6 is 15.9 Å². The summed E-state index contributed by atoms with van der Waals surface area (Å²) in [4.78, 5) is 35.9. The Morgan fingerprint density at radius 1 is 1.00 bits per heavy atom. The van der Waals surface area contributed by atoms with Gasteiger partial charge in [-0.15, -0.1) is 0 Å². The summed E-state index contributed by atoms with van der Waals surface area (Å²) in [6.07, 6.45) is 1.28. The lowest BCUT2D eigenvalue weighted by Gasteiger charge is -2.12. The fourth-order valence-electron chi connectivity index (χ4n) is 2.62. The molecular formula is C22H15BrFN3O4. The quantitative estimate of drug-likeness (QED) is 0.295. The van der Waals surface area contributed by atoms with Crippen molar-refractivity contribution in [1.29, 1.82) is 0 Å². The summed E-state index contributed by atoms with van der Waals surface area (Å²) in [6.45, 7) is 0. The highest BCUT2D eigenvalue weighted by Crippen LogP contribution is 2.18. The van der Waals surface area contributed by atoms with Crippen LogP contribution in [0.15, 0.2) is 83.0 Å².